The first-order chi connectivity index (χ1) is 22.5. The van der Waals surface area contributed by atoms with E-state index in [1.165, 1.54) is 12.4 Å². The number of hydrogen-bond donors (Lipinski definition) is 2. The van der Waals surface area contributed by atoms with Crippen LogP contribution >= 0.6 is 0 Å². The molecule has 2 amide bonds. The third-order valence-electron chi connectivity index (χ3n) is 6.60. The molecular weight excluding hydrogens is 592 g/mol. The molecule has 0 aliphatic carbocycles. The highest BCUT2D eigenvalue weighted by molar-refractivity contribution is 5.95. The van der Waals surface area contributed by atoms with Crippen molar-refractivity contribution in [3.63, 3.8) is 0 Å². The zero-order chi connectivity index (χ0) is 32.1. The Bertz CT molecular complexity index is 1520. The Morgan fingerprint density at radius 1 is 0.587 bits per heavy atom. The van der Waals surface area contributed by atoms with Crippen molar-refractivity contribution in [3.05, 3.63) is 119 Å². The molecule has 236 valence electrons. The zero-order valence-electron chi connectivity index (χ0n) is 25.1. The Morgan fingerprint density at radius 2 is 0.935 bits per heavy atom. The van der Waals surface area contributed by atoms with Crippen molar-refractivity contribution in [2.75, 3.05) is 27.4 Å². The highest BCUT2D eigenvalue weighted by Crippen LogP contribution is 2.22. The van der Waals surface area contributed by atoms with Gasteiger partial charge in [0.1, 0.15) is 23.0 Å². The molecule has 2 atom stereocenters. The molecule has 1 fully saturated rings. The highest BCUT2D eigenvalue weighted by atomic mass is 16.8. The molecule has 4 aromatic rings. The molecule has 0 bridgehead atoms. The summed E-state index contributed by atoms with van der Waals surface area (Å²) < 4.78 is 33.7. The number of carbonyl (C=O) groups is 2. The molecule has 0 spiro atoms. The van der Waals surface area contributed by atoms with Gasteiger partial charge in [0.2, 0.25) is 0 Å². The monoisotopic (exact) mass is 624 g/mol. The van der Waals surface area contributed by atoms with E-state index in [0.717, 1.165) is 11.1 Å². The second kappa shape index (κ2) is 15.8. The van der Waals surface area contributed by atoms with Crippen molar-refractivity contribution in [2.24, 2.45) is 10.2 Å². The topological polar surface area (TPSA) is 138 Å². The Balaban J connectivity index is 1.10. The molecule has 46 heavy (non-hydrogen) atoms. The molecule has 12 nitrogen and oxygen atoms in total. The quantitative estimate of drug-likeness (QED) is 0.175. The molecule has 2 N–H and O–H groups in total. The number of methoxy groups -OCH3 is 2. The van der Waals surface area contributed by atoms with Gasteiger partial charge in [0.25, 0.3) is 24.4 Å². The molecule has 12 heteroatoms. The molecule has 1 saturated heterocycles. The van der Waals surface area contributed by atoms with Crippen LogP contribution in [0, 0.1) is 0 Å². The lowest BCUT2D eigenvalue weighted by atomic mass is 10.2. The number of benzene rings is 4. The largest absolute Gasteiger partial charge is 0.497 e. The number of ether oxygens (including phenoxy) is 6. The minimum atomic E-state index is -0.813. The second-order valence-electron chi connectivity index (χ2n) is 9.71. The van der Waals surface area contributed by atoms with Crippen molar-refractivity contribution in [1.29, 1.82) is 0 Å². The van der Waals surface area contributed by atoms with Gasteiger partial charge in [-0.25, -0.2) is 10.9 Å². The minimum Gasteiger partial charge on any atom is -0.497 e. The lowest BCUT2D eigenvalue weighted by molar-refractivity contribution is -0.271. The van der Waals surface area contributed by atoms with Gasteiger partial charge in [-0.05, 0) is 108 Å². The zero-order valence-corrected chi connectivity index (χ0v) is 25.1. The van der Waals surface area contributed by atoms with E-state index >= 15 is 0 Å². The van der Waals surface area contributed by atoms with Crippen LogP contribution in [0.4, 0.5) is 0 Å². The van der Waals surface area contributed by atoms with Gasteiger partial charge in [-0.1, -0.05) is 0 Å². The van der Waals surface area contributed by atoms with Gasteiger partial charge in [0.05, 0.1) is 39.9 Å². The number of carbonyl (C=O) groups excluding carboxylic acids is 2. The van der Waals surface area contributed by atoms with E-state index in [1.54, 1.807) is 111 Å². The van der Waals surface area contributed by atoms with Crippen LogP contribution in [0.25, 0.3) is 0 Å². The summed E-state index contributed by atoms with van der Waals surface area (Å²) in [7, 11) is 3.13. The maximum atomic E-state index is 12.3. The van der Waals surface area contributed by atoms with Gasteiger partial charge in [-0.3, -0.25) is 9.59 Å². The van der Waals surface area contributed by atoms with E-state index in [9.17, 15) is 9.59 Å². The van der Waals surface area contributed by atoms with Crippen molar-refractivity contribution in [2.45, 2.75) is 12.6 Å². The van der Waals surface area contributed by atoms with Crippen LogP contribution in [0.5, 0.6) is 23.0 Å². The van der Waals surface area contributed by atoms with Gasteiger partial charge in [-0.2, -0.15) is 10.2 Å². The van der Waals surface area contributed by atoms with E-state index in [2.05, 4.69) is 21.1 Å². The summed E-state index contributed by atoms with van der Waals surface area (Å²) in [5, 5.41) is 8.04. The fourth-order valence-electron chi connectivity index (χ4n) is 4.14. The minimum absolute atomic E-state index is 0.337. The summed E-state index contributed by atoms with van der Waals surface area (Å²) in [6, 6.07) is 27.6. The molecule has 0 aromatic heterocycles. The average Bonchev–Trinajstić information content (AvgIpc) is 3.10. The Hall–Kier alpha value is -5.72. The Labute approximate surface area is 265 Å². The lowest BCUT2D eigenvalue weighted by Gasteiger charge is -2.31. The van der Waals surface area contributed by atoms with E-state index < -0.39 is 12.6 Å². The number of hydrogen-bond acceptors (Lipinski definition) is 10. The standard InChI is InChI=1S/C34H32N4O8/c1-41-27-15-7-25(8-16-27)31(39)37-35-21-23-3-11-29(12-4-23)45-33-34(44-20-19-43-33)46-30-13-5-24(6-14-30)22-36-38-32(40)26-9-17-28(42-2)18-10-26/h3-18,21-22,33-34H,19-20H2,1-2H3,(H,37,39)(H,38,40)/b35-21-,36-22-/t33-,34-/m0/s1. The van der Waals surface area contributed by atoms with E-state index in [-0.39, 0.29) is 11.8 Å². The first kappa shape index (κ1) is 31.7. The first-order valence-corrected chi connectivity index (χ1v) is 14.2. The number of nitrogens with one attached hydrogen (secondary N) is 2. The molecule has 1 aliphatic rings. The van der Waals surface area contributed by atoms with Gasteiger partial charge >= 0.3 is 0 Å². The smallest absolute Gasteiger partial charge is 0.271 e. The van der Waals surface area contributed by atoms with Gasteiger partial charge < -0.3 is 28.4 Å². The predicted octanol–water partition coefficient (Wildman–Crippen LogP) is 4.39. The van der Waals surface area contributed by atoms with Crippen LogP contribution in [-0.2, 0) is 9.47 Å². The molecule has 5 rings (SSSR count). The Morgan fingerprint density at radius 3 is 1.28 bits per heavy atom. The maximum Gasteiger partial charge on any atom is 0.271 e. The summed E-state index contributed by atoms with van der Waals surface area (Å²) >= 11 is 0. The van der Waals surface area contributed by atoms with Crippen molar-refractivity contribution in [1.82, 2.24) is 10.9 Å². The van der Waals surface area contributed by atoms with Gasteiger partial charge in [-0.15, -0.1) is 0 Å². The summed E-state index contributed by atoms with van der Waals surface area (Å²) in [6.07, 6.45) is 1.43. The average molecular weight is 625 g/mol. The van der Waals surface area contributed by atoms with Crippen LogP contribution in [0.15, 0.2) is 107 Å². The van der Waals surface area contributed by atoms with E-state index in [0.29, 0.717) is 47.3 Å². The number of nitrogens with zero attached hydrogens (tertiary/aromatic N) is 2. The van der Waals surface area contributed by atoms with Crippen LogP contribution < -0.4 is 29.8 Å². The highest BCUT2D eigenvalue weighted by Gasteiger charge is 2.31. The third-order valence-corrected chi connectivity index (χ3v) is 6.60. The summed E-state index contributed by atoms with van der Waals surface area (Å²) in [6.45, 7) is 0.696. The third kappa shape index (κ3) is 8.91. The van der Waals surface area contributed by atoms with Crippen molar-refractivity contribution >= 4 is 24.2 Å². The molecule has 1 aliphatic heterocycles. The SMILES string of the molecule is COc1ccc(C(=O)N/N=C\c2ccc(O[C@@H]3OCCO[C@H]3Oc3ccc(/C=N\NC(=O)c4ccc(OC)cc4)cc3)cc2)cc1. The van der Waals surface area contributed by atoms with Crippen LogP contribution in [0.3, 0.4) is 0 Å². The molecular formula is C34H32N4O8. The summed E-state index contributed by atoms with van der Waals surface area (Å²) in [5.74, 6) is 1.72. The Kier molecular flexibility index (Phi) is 10.9. The lowest BCUT2D eigenvalue weighted by Crippen LogP contribution is -2.45. The van der Waals surface area contributed by atoms with Crippen LogP contribution in [0.2, 0.25) is 0 Å². The fourth-order valence-corrected chi connectivity index (χ4v) is 4.14. The first-order valence-electron chi connectivity index (χ1n) is 14.2. The van der Waals surface area contributed by atoms with Crippen LogP contribution in [-0.4, -0.2) is 64.3 Å². The molecule has 1 heterocycles. The predicted molar refractivity (Wildman–Crippen MR) is 170 cm³/mol. The summed E-state index contributed by atoms with van der Waals surface area (Å²) in [4.78, 5) is 24.5. The summed E-state index contributed by atoms with van der Waals surface area (Å²) in [5.41, 5.74) is 7.42. The van der Waals surface area contributed by atoms with E-state index in [1.807, 2.05) is 0 Å². The molecule has 0 saturated carbocycles. The molecule has 0 radical (unpaired) electrons. The van der Waals surface area contributed by atoms with Crippen molar-refractivity contribution in [3.8, 4) is 23.0 Å². The van der Waals surface area contributed by atoms with E-state index in [4.69, 9.17) is 28.4 Å². The number of hydrazone groups is 2. The number of rotatable bonds is 12. The molecule has 4 aromatic carbocycles. The number of amides is 2. The fraction of sp³-hybridized carbons (Fsp3) is 0.176. The van der Waals surface area contributed by atoms with Crippen molar-refractivity contribution < 1.29 is 38.0 Å². The molecule has 0 unspecified atom stereocenters. The normalized spacial score (nSPS) is 16.1. The van der Waals surface area contributed by atoms with Gasteiger partial charge in [0.15, 0.2) is 0 Å². The maximum absolute atomic E-state index is 12.3. The van der Waals surface area contributed by atoms with Gasteiger partial charge in [0, 0.05) is 11.1 Å². The second-order valence-corrected chi connectivity index (χ2v) is 9.71. The van der Waals surface area contributed by atoms with Crippen LogP contribution in [0.1, 0.15) is 31.8 Å².